The topological polar surface area (TPSA) is 92.8 Å². The van der Waals surface area contributed by atoms with Gasteiger partial charge in [0.2, 0.25) is 0 Å². The molecule has 0 aliphatic carbocycles. The van der Waals surface area contributed by atoms with E-state index >= 15 is 0 Å². The van der Waals surface area contributed by atoms with E-state index in [0.717, 1.165) is 11.5 Å². The van der Waals surface area contributed by atoms with E-state index in [4.69, 9.17) is 10.3 Å². The van der Waals surface area contributed by atoms with Crippen molar-refractivity contribution < 1.29 is 4.42 Å². The van der Waals surface area contributed by atoms with E-state index in [9.17, 15) is 0 Å². The standard InChI is InChI=1S/C8H11N5O/c9-11-7(8-5-10-13-12-8)4-6-2-1-3-14-6/h1-3,5,7,11H,4,9H2,(H,10,12,13). The van der Waals surface area contributed by atoms with Gasteiger partial charge in [-0.3, -0.25) is 11.3 Å². The summed E-state index contributed by atoms with van der Waals surface area (Å²) in [6.07, 6.45) is 3.91. The van der Waals surface area contributed by atoms with Crippen LogP contribution in [0, 0.1) is 0 Å². The molecule has 0 fully saturated rings. The summed E-state index contributed by atoms with van der Waals surface area (Å²) in [6.45, 7) is 0. The Kier molecular flexibility index (Phi) is 2.57. The summed E-state index contributed by atoms with van der Waals surface area (Å²) in [5.74, 6) is 6.26. The Morgan fingerprint density at radius 1 is 1.64 bits per heavy atom. The van der Waals surface area contributed by atoms with Gasteiger partial charge in [-0.1, -0.05) is 0 Å². The van der Waals surface area contributed by atoms with Gasteiger partial charge in [0.05, 0.1) is 18.5 Å². The maximum atomic E-state index is 5.41. The van der Waals surface area contributed by atoms with E-state index in [-0.39, 0.29) is 6.04 Å². The van der Waals surface area contributed by atoms with Crippen molar-refractivity contribution in [2.45, 2.75) is 12.5 Å². The highest BCUT2D eigenvalue weighted by Gasteiger charge is 2.14. The molecule has 2 heterocycles. The maximum Gasteiger partial charge on any atom is 0.105 e. The number of nitrogens with one attached hydrogen (secondary N) is 2. The third-order valence-electron chi connectivity index (χ3n) is 1.98. The van der Waals surface area contributed by atoms with Crippen molar-refractivity contribution >= 4 is 0 Å². The van der Waals surface area contributed by atoms with Gasteiger partial charge in [-0.05, 0) is 12.1 Å². The number of H-pyrrole nitrogens is 1. The Balaban J connectivity index is 2.08. The summed E-state index contributed by atoms with van der Waals surface area (Å²) in [7, 11) is 0. The van der Waals surface area contributed by atoms with Crippen molar-refractivity contribution in [3.05, 3.63) is 36.0 Å². The van der Waals surface area contributed by atoms with Gasteiger partial charge in [0.25, 0.3) is 0 Å². The molecular weight excluding hydrogens is 182 g/mol. The van der Waals surface area contributed by atoms with Gasteiger partial charge in [0.15, 0.2) is 0 Å². The van der Waals surface area contributed by atoms with E-state index in [1.807, 2.05) is 12.1 Å². The second-order valence-electron chi connectivity index (χ2n) is 2.90. The molecule has 0 saturated heterocycles. The Morgan fingerprint density at radius 3 is 3.14 bits per heavy atom. The van der Waals surface area contributed by atoms with Gasteiger partial charge in [0.1, 0.15) is 11.5 Å². The van der Waals surface area contributed by atoms with Crippen molar-refractivity contribution in [1.29, 1.82) is 0 Å². The first-order chi connectivity index (χ1) is 6.90. The summed E-state index contributed by atoms with van der Waals surface area (Å²) in [5.41, 5.74) is 3.43. The number of furan rings is 1. The van der Waals surface area contributed by atoms with Gasteiger partial charge in [0, 0.05) is 6.42 Å². The molecule has 6 heteroatoms. The molecule has 1 unspecified atom stereocenters. The van der Waals surface area contributed by atoms with Crippen LogP contribution < -0.4 is 11.3 Å². The minimum absolute atomic E-state index is 0.0834. The van der Waals surface area contributed by atoms with Crippen molar-refractivity contribution in [3.63, 3.8) is 0 Å². The highest BCUT2D eigenvalue weighted by Crippen LogP contribution is 2.14. The monoisotopic (exact) mass is 193 g/mol. The number of nitrogens with zero attached hydrogens (tertiary/aromatic N) is 2. The average Bonchev–Trinajstić information content (AvgIpc) is 2.86. The largest absolute Gasteiger partial charge is 0.469 e. The molecule has 0 radical (unpaired) electrons. The third-order valence-corrected chi connectivity index (χ3v) is 1.98. The normalized spacial score (nSPS) is 12.9. The van der Waals surface area contributed by atoms with Gasteiger partial charge in [-0.15, -0.1) is 0 Å². The minimum Gasteiger partial charge on any atom is -0.469 e. The fourth-order valence-corrected chi connectivity index (χ4v) is 1.26. The summed E-state index contributed by atoms with van der Waals surface area (Å²) in [6, 6.07) is 3.65. The zero-order valence-electron chi connectivity index (χ0n) is 7.47. The van der Waals surface area contributed by atoms with Gasteiger partial charge < -0.3 is 4.42 Å². The maximum absolute atomic E-state index is 5.41. The van der Waals surface area contributed by atoms with Crippen molar-refractivity contribution in [1.82, 2.24) is 20.8 Å². The van der Waals surface area contributed by atoms with Crippen LogP contribution in [0.25, 0.3) is 0 Å². The van der Waals surface area contributed by atoms with Crippen LogP contribution in [0.15, 0.2) is 29.0 Å². The highest BCUT2D eigenvalue weighted by molar-refractivity contribution is 5.07. The minimum atomic E-state index is -0.0834. The predicted octanol–water partition coefficient (Wildman–Crippen LogP) is 0.145. The molecular formula is C8H11N5O. The van der Waals surface area contributed by atoms with E-state index in [0.29, 0.717) is 6.42 Å². The summed E-state index contributed by atoms with van der Waals surface area (Å²) in [5, 5.41) is 10.2. The molecule has 0 aliphatic rings. The van der Waals surface area contributed by atoms with Crippen LogP contribution in [0.5, 0.6) is 0 Å². The van der Waals surface area contributed by atoms with Crippen LogP contribution in [0.2, 0.25) is 0 Å². The first-order valence-corrected chi connectivity index (χ1v) is 4.24. The fourth-order valence-electron chi connectivity index (χ4n) is 1.26. The number of aromatic amines is 1. The van der Waals surface area contributed by atoms with Crippen LogP contribution in [-0.2, 0) is 6.42 Å². The zero-order valence-corrected chi connectivity index (χ0v) is 7.47. The van der Waals surface area contributed by atoms with Gasteiger partial charge in [-0.2, -0.15) is 15.4 Å². The quantitative estimate of drug-likeness (QED) is 0.474. The average molecular weight is 193 g/mol. The lowest BCUT2D eigenvalue weighted by molar-refractivity contribution is 0.449. The van der Waals surface area contributed by atoms with E-state index < -0.39 is 0 Å². The van der Waals surface area contributed by atoms with E-state index in [2.05, 4.69) is 20.8 Å². The van der Waals surface area contributed by atoms with Crippen LogP contribution in [-0.4, -0.2) is 15.4 Å². The number of aromatic nitrogens is 3. The molecule has 0 amide bonds. The lowest BCUT2D eigenvalue weighted by Crippen LogP contribution is -2.29. The molecule has 0 spiro atoms. The van der Waals surface area contributed by atoms with Crippen LogP contribution in [0.3, 0.4) is 0 Å². The molecule has 14 heavy (non-hydrogen) atoms. The van der Waals surface area contributed by atoms with Crippen LogP contribution in [0.4, 0.5) is 0 Å². The van der Waals surface area contributed by atoms with E-state index in [1.54, 1.807) is 12.5 Å². The number of rotatable bonds is 4. The lowest BCUT2D eigenvalue weighted by atomic mass is 10.1. The number of hydrogen-bond acceptors (Lipinski definition) is 5. The number of nitrogens with two attached hydrogens (primary N) is 1. The number of hydrazine groups is 1. The molecule has 0 saturated carbocycles. The second-order valence-corrected chi connectivity index (χ2v) is 2.90. The lowest BCUT2D eigenvalue weighted by Gasteiger charge is -2.10. The van der Waals surface area contributed by atoms with Crippen molar-refractivity contribution in [2.75, 3.05) is 0 Å². The SMILES string of the molecule is NNC(Cc1ccco1)c1cn[nH]n1. The fraction of sp³-hybridized carbons (Fsp3) is 0.250. The molecule has 6 nitrogen and oxygen atoms in total. The van der Waals surface area contributed by atoms with Crippen molar-refractivity contribution in [2.24, 2.45) is 5.84 Å². The molecule has 2 rings (SSSR count). The highest BCUT2D eigenvalue weighted by atomic mass is 16.3. The van der Waals surface area contributed by atoms with Gasteiger partial charge >= 0.3 is 0 Å². The molecule has 1 atom stereocenters. The van der Waals surface area contributed by atoms with Crippen LogP contribution >= 0.6 is 0 Å². The second kappa shape index (κ2) is 4.03. The zero-order chi connectivity index (χ0) is 9.80. The van der Waals surface area contributed by atoms with Gasteiger partial charge in [-0.25, -0.2) is 0 Å². The molecule has 2 aromatic rings. The van der Waals surface area contributed by atoms with Crippen molar-refractivity contribution in [3.8, 4) is 0 Å². The smallest absolute Gasteiger partial charge is 0.105 e. The Labute approximate surface area is 80.5 Å². The third kappa shape index (κ3) is 1.81. The Morgan fingerprint density at radius 2 is 2.57 bits per heavy atom. The molecule has 2 aromatic heterocycles. The summed E-state index contributed by atoms with van der Waals surface area (Å²) >= 11 is 0. The molecule has 0 aromatic carbocycles. The molecule has 0 bridgehead atoms. The Bertz CT molecular complexity index is 355. The molecule has 0 aliphatic heterocycles. The predicted molar refractivity (Wildman–Crippen MR) is 48.9 cm³/mol. The summed E-state index contributed by atoms with van der Waals surface area (Å²) in [4.78, 5) is 0. The van der Waals surface area contributed by atoms with Crippen LogP contribution in [0.1, 0.15) is 17.5 Å². The van der Waals surface area contributed by atoms with E-state index in [1.165, 1.54) is 0 Å². The molecule has 4 N–H and O–H groups in total. The number of hydrogen-bond donors (Lipinski definition) is 3. The summed E-state index contributed by atoms with van der Waals surface area (Å²) < 4.78 is 5.21. The first-order valence-electron chi connectivity index (χ1n) is 4.24. The Hall–Kier alpha value is -1.66. The molecule has 74 valence electrons. The first kappa shape index (κ1) is 8.92.